The van der Waals surface area contributed by atoms with Crippen LogP contribution >= 0.6 is 0 Å². The molecule has 1 aliphatic carbocycles. The highest BCUT2D eigenvalue weighted by atomic mass is 16.5. The van der Waals surface area contributed by atoms with E-state index >= 15 is 0 Å². The van der Waals surface area contributed by atoms with Crippen LogP contribution in [0.1, 0.15) is 70.4 Å². The summed E-state index contributed by atoms with van der Waals surface area (Å²) in [5.74, 6) is 0.883. The van der Waals surface area contributed by atoms with E-state index in [1.807, 2.05) is 26.0 Å². The number of hydrogen-bond acceptors (Lipinski definition) is 4. The summed E-state index contributed by atoms with van der Waals surface area (Å²) in [5, 5.41) is 6.20. The van der Waals surface area contributed by atoms with Gasteiger partial charge in [0.1, 0.15) is 11.8 Å². The van der Waals surface area contributed by atoms with E-state index in [0.29, 0.717) is 6.54 Å². The van der Waals surface area contributed by atoms with Crippen molar-refractivity contribution >= 4 is 11.8 Å². The Morgan fingerprint density at radius 3 is 2.26 bits per heavy atom. The summed E-state index contributed by atoms with van der Waals surface area (Å²) in [5.41, 5.74) is 1.18. The van der Waals surface area contributed by atoms with Crippen molar-refractivity contribution in [3.63, 3.8) is 0 Å². The summed E-state index contributed by atoms with van der Waals surface area (Å²) in [6.07, 6.45) is 7.67. The van der Waals surface area contributed by atoms with Crippen molar-refractivity contribution in [2.24, 2.45) is 11.8 Å². The molecule has 0 aromatic heterocycles. The van der Waals surface area contributed by atoms with Gasteiger partial charge < -0.3 is 15.4 Å². The molecule has 6 nitrogen and oxygen atoms in total. The molecule has 3 rings (SSSR count). The lowest BCUT2D eigenvalue weighted by molar-refractivity contribution is -0.132. The molecule has 1 saturated heterocycles. The van der Waals surface area contributed by atoms with Gasteiger partial charge in [0.25, 0.3) is 0 Å². The molecule has 172 valence electrons. The molecule has 31 heavy (non-hydrogen) atoms. The second kappa shape index (κ2) is 11.5. The minimum absolute atomic E-state index is 0.0405. The lowest BCUT2D eigenvalue weighted by atomic mass is 9.88. The van der Waals surface area contributed by atoms with Crippen LogP contribution in [0.4, 0.5) is 0 Å². The van der Waals surface area contributed by atoms with Crippen molar-refractivity contribution in [3.8, 4) is 5.75 Å². The number of amides is 2. The van der Waals surface area contributed by atoms with Gasteiger partial charge in [-0.25, -0.2) is 0 Å². The van der Waals surface area contributed by atoms with E-state index in [2.05, 4.69) is 27.7 Å². The molecule has 2 aliphatic rings. The number of methoxy groups -OCH3 is 1. The maximum absolute atomic E-state index is 13.1. The third-order valence-corrected chi connectivity index (χ3v) is 6.77. The third kappa shape index (κ3) is 6.45. The number of ether oxygens (including phenoxy) is 1. The molecule has 2 unspecified atom stereocenters. The highest BCUT2D eigenvalue weighted by Gasteiger charge is 2.30. The second-order valence-corrected chi connectivity index (χ2v) is 9.34. The van der Waals surface area contributed by atoms with Crippen LogP contribution in [0.25, 0.3) is 0 Å². The van der Waals surface area contributed by atoms with E-state index < -0.39 is 6.04 Å². The molecule has 2 N–H and O–H groups in total. The predicted molar refractivity (Wildman–Crippen MR) is 123 cm³/mol. The van der Waals surface area contributed by atoms with Crippen LogP contribution in [0.2, 0.25) is 0 Å². The maximum Gasteiger partial charge on any atom is 0.242 e. The summed E-state index contributed by atoms with van der Waals surface area (Å²) >= 11 is 0. The average Bonchev–Trinajstić information content (AvgIpc) is 3.32. The number of carbonyl (C=O) groups excluding carboxylic acids is 2. The van der Waals surface area contributed by atoms with Crippen molar-refractivity contribution in [2.45, 2.75) is 70.9 Å². The van der Waals surface area contributed by atoms with Gasteiger partial charge >= 0.3 is 0 Å². The molecule has 0 radical (unpaired) electrons. The summed E-state index contributed by atoms with van der Waals surface area (Å²) < 4.78 is 5.29. The fourth-order valence-corrected chi connectivity index (χ4v) is 4.82. The fourth-order valence-electron chi connectivity index (χ4n) is 4.82. The fraction of sp³-hybridized carbons (Fsp3) is 0.680. The molecule has 1 aromatic carbocycles. The van der Waals surface area contributed by atoms with Gasteiger partial charge in [0.05, 0.1) is 13.2 Å². The quantitative estimate of drug-likeness (QED) is 0.628. The number of benzene rings is 1. The first-order valence-corrected chi connectivity index (χ1v) is 12.0. The Labute approximate surface area is 187 Å². The highest BCUT2D eigenvalue weighted by Crippen LogP contribution is 2.27. The first kappa shape index (κ1) is 23.6. The molecular weight excluding hydrogens is 390 g/mol. The van der Waals surface area contributed by atoms with E-state index in [-0.39, 0.29) is 29.7 Å². The Balaban J connectivity index is 1.63. The Hall–Kier alpha value is -2.08. The molecule has 1 saturated carbocycles. The molecule has 2 fully saturated rings. The van der Waals surface area contributed by atoms with Crippen LogP contribution in [0.5, 0.6) is 5.75 Å². The zero-order valence-electron chi connectivity index (χ0n) is 19.4. The number of rotatable bonds is 9. The minimum atomic E-state index is -0.496. The number of nitrogens with zero attached hydrogens (tertiary/aromatic N) is 1. The van der Waals surface area contributed by atoms with Crippen LogP contribution in [0, 0.1) is 11.8 Å². The van der Waals surface area contributed by atoms with Crippen LogP contribution in [-0.2, 0) is 9.59 Å². The second-order valence-electron chi connectivity index (χ2n) is 9.34. The molecule has 0 bridgehead atoms. The summed E-state index contributed by atoms with van der Waals surface area (Å²) in [6, 6.07) is 7.74. The zero-order valence-corrected chi connectivity index (χ0v) is 19.4. The molecule has 1 aliphatic heterocycles. The molecule has 6 heteroatoms. The van der Waals surface area contributed by atoms with E-state index in [1.54, 1.807) is 7.11 Å². The Kier molecular flexibility index (Phi) is 8.76. The Morgan fingerprint density at radius 1 is 1.03 bits per heavy atom. The van der Waals surface area contributed by atoms with Crippen molar-refractivity contribution in [2.75, 3.05) is 26.7 Å². The van der Waals surface area contributed by atoms with Crippen LogP contribution in [0.3, 0.4) is 0 Å². The minimum Gasteiger partial charge on any atom is -0.497 e. The van der Waals surface area contributed by atoms with Crippen LogP contribution in [-0.4, -0.2) is 49.5 Å². The molecule has 0 spiro atoms. The standard InChI is InChI=1S/C25H39N3O3/c1-18(2)23(27-24(29)20-9-5-4-6-10-20)25(30)26-17-22(28-15-7-8-16-28)19-11-13-21(31-3)14-12-19/h11-14,18,20,22-23H,4-10,15-17H2,1-3H3,(H,26,30)(H,27,29). The number of nitrogens with one attached hydrogen (secondary N) is 2. The lowest BCUT2D eigenvalue weighted by Crippen LogP contribution is -2.52. The topological polar surface area (TPSA) is 70.7 Å². The Morgan fingerprint density at radius 2 is 1.68 bits per heavy atom. The smallest absolute Gasteiger partial charge is 0.242 e. The first-order chi connectivity index (χ1) is 15.0. The molecule has 2 amide bonds. The van der Waals surface area contributed by atoms with E-state index in [0.717, 1.165) is 44.5 Å². The number of hydrogen-bond donors (Lipinski definition) is 2. The normalized spacial score (nSPS) is 19.7. The largest absolute Gasteiger partial charge is 0.497 e. The molecule has 1 heterocycles. The first-order valence-electron chi connectivity index (χ1n) is 12.0. The number of likely N-dealkylation sites (tertiary alicyclic amines) is 1. The average molecular weight is 430 g/mol. The maximum atomic E-state index is 13.1. The van der Waals surface area contributed by atoms with Gasteiger partial charge in [0, 0.05) is 12.5 Å². The molecule has 2 atom stereocenters. The van der Waals surface area contributed by atoms with Crippen molar-refractivity contribution in [1.29, 1.82) is 0 Å². The van der Waals surface area contributed by atoms with Crippen LogP contribution in [0.15, 0.2) is 24.3 Å². The van der Waals surface area contributed by atoms with Crippen LogP contribution < -0.4 is 15.4 Å². The SMILES string of the molecule is COc1ccc(C(CNC(=O)C(NC(=O)C2CCCCC2)C(C)C)N2CCCC2)cc1. The van der Waals surface area contributed by atoms with E-state index in [4.69, 9.17) is 4.74 Å². The highest BCUT2D eigenvalue weighted by molar-refractivity contribution is 5.88. The monoisotopic (exact) mass is 429 g/mol. The van der Waals surface area contributed by atoms with Gasteiger partial charge in [-0.3, -0.25) is 14.5 Å². The molecule has 1 aromatic rings. The number of carbonyl (C=O) groups is 2. The molecular formula is C25H39N3O3. The van der Waals surface area contributed by atoms with Gasteiger partial charge in [-0.05, 0) is 62.4 Å². The van der Waals surface area contributed by atoms with Crippen molar-refractivity contribution < 1.29 is 14.3 Å². The van der Waals surface area contributed by atoms with Gasteiger partial charge in [-0.1, -0.05) is 45.2 Å². The summed E-state index contributed by atoms with van der Waals surface area (Å²) in [6.45, 7) is 6.60. The predicted octanol–water partition coefficient (Wildman–Crippen LogP) is 3.67. The lowest BCUT2D eigenvalue weighted by Gasteiger charge is -2.30. The van der Waals surface area contributed by atoms with Gasteiger partial charge in [0.15, 0.2) is 0 Å². The van der Waals surface area contributed by atoms with Gasteiger partial charge in [-0.2, -0.15) is 0 Å². The van der Waals surface area contributed by atoms with Crippen molar-refractivity contribution in [3.05, 3.63) is 29.8 Å². The van der Waals surface area contributed by atoms with Crippen molar-refractivity contribution in [1.82, 2.24) is 15.5 Å². The summed E-state index contributed by atoms with van der Waals surface area (Å²) in [7, 11) is 1.67. The van der Waals surface area contributed by atoms with Gasteiger partial charge in [-0.15, -0.1) is 0 Å². The van der Waals surface area contributed by atoms with Gasteiger partial charge in [0.2, 0.25) is 11.8 Å². The zero-order chi connectivity index (χ0) is 22.2. The van der Waals surface area contributed by atoms with E-state index in [9.17, 15) is 9.59 Å². The Bertz CT molecular complexity index is 707. The summed E-state index contributed by atoms with van der Waals surface area (Å²) in [4.78, 5) is 28.3. The van der Waals surface area contributed by atoms with E-state index in [1.165, 1.54) is 24.8 Å². The third-order valence-electron chi connectivity index (χ3n) is 6.77.